The van der Waals surface area contributed by atoms with E-state index in [1.165, 1.54) is 11.1 Å². The molecule has 1 atom stereocenters. The molecule has 1 N–H and O–H groups in total. The van der Waals surface area contributed by atoms with E-state index in [-0.39, 0.29) is 0 Å². The van der Waals surface area contributed by atoms with E-state index in [1.54, 1.807) is 0 Å². The van der Waals surface area contributed by atoms with Crippen LogP contribution in [0.4, 0.5) is 0 Å². The van der Waals surface area contributed by atoms with Gasteiger partial charge in [0.1, 0.15) is 0 Å². The van der Waals surface area contributed by atoms with Gasteiger partial charge in [-0.1, -0.05) is 30.3 Å². The van der Waals surface area contributed by atoms with E-state index in [0.717, 1.165) is 19.4 Å². The summed E-state index contributed by atoms with van der Waals surface area (Å²) in [6, 6.07) is 10.8. The average Bonchev–Trinajstić information content (AvgIpc) is 2.33. The fourth-order valence-electron chi connectivity index (χ4n) is 2.01. The Bertz CT molecular complexity index is 332. The lowest BCUT2D eigenvalue weighted by Crippen LogP contribution is -2.20. The molecule has 0 aromatic heterocycles. The highest BCUT2D eigenvalue weighted by Gasteiger charge is 2.16. The van der Waals surface area contributed by atoms with Crippen LogP contribution < -0.4 is 5.32 Å². The summed E-state index contributed by atoms with van der Waals surface area (Å²) < 4.78 is 5.38. The van der Waals surface area contributed by atoms with E-state index in [1.807, 2.05) is 19.4 Å². The molecule has 2 nitrogen and oxygen atoms in total. The van der Waals surface area contributed by atoms with Gasteiger partial charge in [0.05, 0.1) is 18.9 Å². The molecule has 1 aromatic rings. The van der Waals surface area contributed by atoms with Crippen LogP contribution >= 0.6 is 0 Å². The summed E-state index contributed by atoms with van der Waals surface area (Å²) in [7, 11) is 1.99. The first-order valence-electron chi connectivity index (χ1n) is 5.44. The lowest BCUT2D eigenvalue weighted by Gasteiger charge is -2.23. The van der Waals surface area contributed by atoms with Crippen LogP contribution in [0, 0.1) is 0 Å². The molecule has 1 aromatic carbocycles. The van der Waals surface area contributed by atoms with Gasteiger partial charge < -0.3 is 10.1 Å². The molecule has 0 saturated heterocycles. The van der Waals surface area contributed by atoms with Crippen molar-refractivity contribution in [2.75, 3.05) is 13.7 Å². The van der Waals surface area contributed by atoms with Gasteiger partial charge in [0.15, 0.2) is 0 Å². The molecular formula is C13H17NO. The Labute approximate surface area is 91.0 Å². The van der Waals surface area contributed by atoms with E-state index in [0.29, 0.717) is 6.04 Å². The van der Waals surface area contributed by atoms with Crippen LogP contribution in [0.15, 0.2) is 42.2 Å². The van der Waals surface area contributed by atoms with Gasteiger partial charge in [-0.15, -0.1) is 0 Å². The number of hydrogen-bond donors (Lipinski definition) is 1. The van der Waals surface area contributed by atoms with Gasteiger partial charge in [0.2, 0.25) is 0 Å². The second kappa shape index (κ2) is 4.99. The summed E-state index contributed by atoms with van der Waals surface area (Å²) in [5.41, 5.74) is 2.65. The highest BCUT2D eigenvalue weighted by molar-refractivity contribution is 5.27. The standard InChI is InChI=1S/C13H17NO/c1-14-13(11-6-3-2-4-7-11)12-8-5-9-15-10-12/h2-4,6-7,10,13-14H,5,8-9H2,1H3. The number of likely N-dealkylation sites (N-methyl/N-ethyl adjacent to an activating group) is 1. The molecule has 0 spiro atoms. The normalized spacial score (nSPS) is 17.8. The number of ether oxygens (including phenoxy) is 1. The van der Waals surface area contributed by atoms with Gasteiger partial charge in [0.25, 0.3) is 0 Å². The fraction of sp³-hybridized carbons (Fsp3) is 0.385. The molecule has 1 aliphatic rings. The largest absolute Gasteiger partial charge is 0.501 e. The highest BCUT2D eigenvalue weighted by atomic mass is 16.5. The average molecular weight is 203 g/mol. The van der Waals surface area contributed by atoms with Crippen molar-refractivity contribution in [1.82, 2.24) is 5.32 Å². The molecule has 0 radical (unpaired) electrons. The van der Waals surface area contributed by atoms with Gasteiger partial charge >= 0.3 is 0 Å². The quantitative estimate of drug-likeness (QED) is 0.815. The van der Waals surface area contributed by atoms with E-state index in [4.69, 9.17) is 4.74 Å². The van der Waals surface area contributed by atoms with E-state index < -0.39 is 0 Å². The Morgan fingerprint density at radius 2 is 2.07 bits per heavy atom. The van der Waals surface area contributed by atoms with Crippen LogP contribution in [0.5, 0.6) is 0 Å². The zero-order valence-corrected chi connectivity index (χ0v) is 9.07. The highest BCUT2D eigenvalue weighted by Crippen LogP contribution is 2.26. The van der Waals surface area contributed by atoms with Crippen LogP contribution in [0.1, 0.15) is 24.4 Å². The van der Waals surface area contributed by atoms with Crippen molar-refractivity contribution in [2.45, 2.75) is 18.9 Å². The van der Waals surface area contributed by atoms with Crippen LogP contribution in [0.3, 0.4) is 0 Å². The van der Waals surface area contributed by atoms with Crippen molar-refractivity contribution >= 4 is 0 Å². The van der Waals surface area contributed by atoms with Crippen molar-refractivity contribution in [2.24, 2.45) is 0 Å². The predicted octanol–water partition coefficient (Wildman–Crippen LogP) is 2.64. The maximum absolute atomic E-state index is 5.38. The zero-order chi connectivity index (χ0) is 10.5. The van der Waals surface area contributed by atoms with Gasteiger partial charge in [-0.25, -0.2) is 0 Å². The molecule has 15 heavy (non-hydrogen) atoms. The number of hydrogen-bond acceptors (Lipinski definition) is 2. The molecule has 80 valence electrons. The van der Waals surface area contributed by atoms with Crippen molar-refractivity contribution in [3.05, 3.63) is 47.7 Å². The van der Waals surface area contributed by atoms with E-state index >= 15 is 0 Å². The summed E-state index contributed by atoms with van der Waals surface area (Å²) in [5, 5.41) is 3.34. The van der Waals surface area contributed by atoms with Crippen molar-refractivity contribution in [1.29, 1.82) is 0 Å². The lowest BCUT2D eigenvalue weighted by atomic mass is 9.95. The Morgan fingerprint density at radius 3 is 2.67 bits per heavy atom. The first-order valence-corrected chi connectivity index (χ1v) is 5.44. The SMILES string of the molecule is CNC(C1=COCCC1)c1ccccc1. The van der Waals surface area contributed by atoms with Crippen molar-refractivity contribution in [3.8, 4) is 0 Å². The third kappa shape index (κ3) is 2.39. The van der Waals surface area contributed by atoms with E-state index in [9.17, 15) is 0 Å². The third-order valence-electron chi connectivity index (χ3n) is 2.75. The predicted molar refractivity (Wildman–Crippen MR) is 61.5 cm³/mol. The Morgan fingerprint density at radius 1 is 1.27 bits per heavy atom. The van der Waals surface area contributed by atoms with Crippen LogP contribution in [0.2, 0.25) is 0 Å². The Balaban J connectivity index is 2.20. The molecular weight excluding hydrogens is 186 g/mol. The van der Waals surface area contributed by atoms with Crippen LogP contribution in [-0.2, 0) is 4.74 Å². The molecule has 0 fully saturated rings. The molecule has 1 aliphatic heterocycles. The van der Waals surface area contributed by atoms with Crippen molar-refractivity contribution < 1.29 is 4.74 Å². The van der Waals surface area contributed by atoms with Gasteiger partial charge in [0, 0.05) is 0 Å². The summed E-state index contributed by atoms with van der Waals surface area (Å²) in [4.78, 5) is 0. The van der Waals surface area contributed by atoms with Crippen LogP contribution in [-0.4, -0.2) is 13.7 Å². The second-order valence-corrected chi connectivity index (χ2v) is 3.80. The molecule has 2 heteroatoms. The topological polar surface area (TPSA) is 21.3 Å². The van der Waals surface area contributed by atoms with Gasteiger partial charge in [-0.3, -0.25) is 0 Å². The van der Waals surface area contributed by atoms with Gasteiger partial charge in [-0.2, -0.15) is 0 Å². The zero-order valence-electron chi connectivity index (χ0n) is 9.07. The summed E-state index contributed by atoms with van der Waals surface area (Å²) >= 11 is 0. The molecule has 1 unspecified atom stereocenters. The lowest BCUT2D eigenvalue weighted by molar-refractivity contribution is 0.220. The third-order valence-corrected chi connectivity index (χ3v) is 2.75. The second-order valence-electron chi connectivity index (χ2n) is 3.80. The first-order chi connectivity index (χ1) is 7.42. The molecule has 0 bridgehead atoms. The maximum atomic E-state index is 5.38. The van der Waals surface area contributed by atoms with E-state index in [2.05, 4.69) is 29.6 Å². The molecule has 2 rings (SSSR count). The van der Waals surface area contributed by atoms with Crippen LogP contribution in [0.25, 0.3) is 0 Å². The smallest absolute Gasteiger partial charge is 0.0876 e. The van der Waals surface area contributed by atoms with Gasteiger partial charge in [-0.05, 0) is 31.0 Å². The Hall–Kier alpha value is -1.28. The summed E-state index contributed by atoms with van der Waals surface area (Å²) in [6.45, 7) is 0.856. The summed E-state index contributed by atoms with van der Waals surface area (Å²) in [5.74, 6) is 0. The number of benzene rings is 1. The molecule has 0 aliphatic carbocycles. The summed E-state index contributed by atoms with van der Waals surface area (Å²) in [6.07, 6.45) is 4.16. The fourth-order valence-corrected chi connectivity index (χ4v) is 2.01. The monoisotopic (exact) mass is 203 g/mol. The number of nitrogens with one attached hydrogen (secondary N) is 1. The minimum atomic E-state index is 0.298. The molecule has 1 heterocycles. The van der Waals surface area contributed by atoms with Crippen molar-refractivity contribution in [3.63, 3.8) is 0 Å². The maximum Gasteiger partial charge on any atom is 0.0876 e. The molecule has 0 saturated carbocycles. The molecule has 0 amide bonds. The first kappa shape index (κ1) is 10.2. The minimum absolute atomic E-state index is 0.298. The Kier molecular flexibility index (Phi) is 3.41. The number of rotatable bonds is 3. The minimum Gasteiger partial charge on any atom is -0.501 e.